The van der Waals surface area contributed by atoms with Crippen molar-refractivity contribution in [1.29, 1.82) is 0 Å². The number of nitrogens with two attached hydrogens (primary N) is 6. The van der Waals surface area contributed by atoms with E-state index in [2.05, 4.69) is 31.9 Å². The molecule has 0 aromatic carbocycles. The van der Waals surface area contributed by atoms with Crippen molar-refractivity contribution < 1.29 is 90.4 Å². The van der Waals surface area contributed by atoms with Crippen LogP contribution in [0.1, 0.15) is 133 Å². The molecule has 4 atom stereocenters. The lowest BCUT2D eigenvalue weighted by atomic mass is 10.0. The number of primary amides is 4. The Labute approximate surface area is 657 Å². The number of methoxy groups -OCH3 is 2. The number of alkyl carbamates (subject to hydrolysis) is 2. The molecule has 42 heteroatoms. The zero-order valence-corrected chi connectivity index (χ0v) is 67.3. The Morgan fingerprint density at radius 1 is 0.321 bits per heavy atom. The van der Waals surface area contributed by atoms with Crippen molar-refractivity contribution in [1.82, 2.24) is 51.5 Å². The van der Waals surface area contributed by atoms with Gasteiger partial charge in [0.25, 0.3) is 0 Å². The summed E-state index contributed by atoms with van der Waals surface area (Å²) in [5.41, 5.74) is 33.2. The third kappa shape index (κ3) is 45.1. The first-order valence-corrected chi connectivity index (χ1v) is 44.9. The Kier molecular flexibility index (Phi) is 51.1. The van der Waals surface area contributed by atoms with Crippen LogP contribution in [0.15, 0.2) is 0 Å². The maximum Gasteiger partial charge on any atom is 0.407 e. The second kappa shape index (κ2) is 57.0. The van der Waals surface area contributed by atoms with Crippen molar-refractivity contribution >= 4 is 169 Å². The van der Waals surface area contributed by atoms with Crippen molar-refractivity contribution in [2.45, 2.75) is 147 Å². The fourth-order valence-electron chi connectivity index (χ4n) is 10.4. The molecule has 14 amide bonds. The van der Waals surface area contributed by atoms with Crippen LogP contribution in [0.2, 0.25) is 0 Å². The number of hydrogen-bond acceptors (Lipinski definition) is 28. The molecule has 0 bridgehead atoms. The highest BCUT2D eigenvalue weighted by Gasteiger charge is 2.40. The third-order valence-corrected chi connectivity index (χ3v) is 26.0. The number of amides is 14. The maximum absolute atomic E-state index is 13.4. The first-order valence-electron chi connectivity index (χ1n) is 35.8. The Hall–Kier alpha value is -5.18. The molecule has 0 spiro atoms. The summed E-state index contributed by atoms with van der Waals surface area (Å²) in [4.78, 5) is 179. The average Bonchev–Trinajstić information content (AvgIpc) is 1.76. The third-order valence-electron chi connectivity index (χ3n) is 16.8. The van der Waals surface area contributed by atoms with Gasteiger partial charge in [0.1, 0.15) is 13.2 Å². The van der Waals surface area contributed by atoms with Crippen LogP contribution in [0.25, 0.3) is 0 Å². The van der Waals surface area contributed by atoms with Crippen LogP contribution < -0.4 is 66.3 Å². The molecule has 4 rings (SSSR count). The first-order chi connectivity index (χ1) is 50.9. The predicted octanol–water partition coefficient (Wildman–Crippen LogP) is 2.24. The number of nitrogens with zero attached hydrogens (tertiary/aromatic N) is 4. The number of unbranched alkanes of at least 4 members (excludes halogenated alkanes) is 4. The number of ether oxygens (including phenoxy) is 4. The lowest BCUT2D eigenvalue weighted by Gasteiger charge is -2.28. The van der Waals surface area contributed by atoms with Gasteiger partial charge < -0.3 is 105 Å². The summed E-state index contributed by atoms with van der Waals surface area (Å²) in [5, 5.41) is 16.4. The fourth-order valence-corrected chi connectivity index (χ4v) is 17.8. The Morgan fingerprint density at radius 2 is 0.557 bits per heavy atom. The summed E-state index contributed by atoms with van der Waals surface area (Å²) in [6.07, 6.45) is 6.96. The zero-order valence-electron chi connectivity index (χ0n) is 60.8. The van der Waals surface area contributed by atoms with Crippen LogP contribution in [-0.2, 0) is 76.5 Å². The van der Waals surface area contributed by atoms with E-state index in [1.807, 2.05) is 0 Å². The van der Waals surface area contributed by atoms with Crippen LogP contribution in [-0.4, -0.2) is 266 Å². The van der Waals surface area contributed by atoms with Gasteiger partial charge in [-0.15, -0.1) is 0 Å². The summed E-state index contributed by atoms with van der Waals surface area (Å²) in [7, 11) is 16.1. The quantitative estimate of drug-likeness (QED) is 0.0236. The van der Waals surface area contributed by atoms with E-state index < -0.39 is 24.0 Å². The minimum Gasteiger partial charge on any atom is -0.447 e. The van der Waals surface area contributed by atoms with Gasteiger partial charge in [0.05, 0.1) is 55.2 Å². The highest BCUT2D eigenvalue weighted by Crippen LogP contribution is 2.60. The zero-order chi connectivity index (χ0) is 78.0. The summed E-state index contributed by atoms with van der Waals surface area (Å²) >= 11 is 0. The molecule has 34 nitrogen and oxygen atoms in total. The molecule has 106 heavy (non-hydrogen) atoms. The topological polar surface area (TPSA) is 517 Å². The average molecular weight is 1660 g/mol. The molecular weight excluding hydrogens is 1540 g/mol. The fraction of sp³-hybridized carbons (Fsp3) is 0.781. The molecule has 0 aromatic rings. The molecule has 0 saturated carbocycles. The Morgan fingerprint density at radius 3 is 0.764 bits per heavy atom. The number of rotatable bonds is 62. The normalized spacial score (nSPS) is 14.8. The van der Waals surface area contributed by atoms with Crippen molar-refractivity contribution in [3.63, 3.8) is 0 Å². The van der Waals surface area contributed by atoms with E-state index >= 15 is 0 Å². The molecule has 4 heterocycles. The predicted molar refractivity (Wildman–Crippen MR) is 424 cm³/mol. The molecule has 4 fully saturated rings. The minimum absolute atomic E-state index is 0. The van der Waals surface area contributed by atoms with Gasteiger partial charge in [-0.05, 0) is 51.4 Å². The van der Waals surface area contributed by atoms with Crippen LogP contribution in [0, 0.1) is 23.7 Å². The van der Waals surface area contributed by atoms with Gasteiger partial charge in [-0.25, -0.2) is 9.59 Å². The molecule has 4 saturated heterocycles. The first kappa shape index (κ1) is 95.0. The van der Waals surface area contributed by atoms with Gasteiger partial charge in [-0.2, -0.15) is 0 Å². The molecule has 0 radical (unpaired) electrons. The van der Waals surface area contributed by atoms with Gasteiger partial charge >= 0.3 is 12.2 Å². The molecule has 0 aliphatic carbocycles. The van der Waals surface area contributed by atoms with Gasteiger partial charge in [0.2, 0.25) is 70.9 Å². The van der Waals surface area contributed by atoms with E-state index in [0.29, 0.717) is 90.4 Å². The Bertz CT molecular complexity index is 2600. The van der Waals surface area contributed by atoms with Gasteiger partial charge in [-0.1, -0.05) is 112 Å². The largest absolute Gasteiger partial charge is 0.447 e. The van der Waals surface area contributed by atoms with Gasteiger partial charge in [-0.3, -0.25) is 57.5 Å². The Balaban J connectivity index is 0.00000215. The van der Waals surface area contributed by atoms with Crippen LogP contribution in [0.3, 0.4) is 0 Å². The lowest BCUT2D eigenvalue weighted by molar-refractivity contribution is -0.136. The number of carbonyl (C=O) groups is 14. The van der Waals surface area contributed by atoms with Crippen LogP contribution in [0.4, 0.5) is 9.59 Å². The van der Waals surface area contributed by atoms with Crippen molar-refractivity contribution in [2.24, 2.45) is 58.1 Å². The van der Waals surface area contributed by atoms with E-state index in [1.165, 1.54) is 33.8 Å². The second-order valence-corrected chi connectivity index (χ2v) is 36.3. The molecule has 18 N–H and O–H groups in total. The SMILES string of the molecule is COCCOC(=O)NCCC(=O)N(CCC(=O)NCCCC[C@@H](C(N)=O)C1SS1)CCN(CCC(=O)NCCCC[C@@H](C(N)=O)C1SS1)C(=O)CCNC(=O)OCCOC.NCCC(=O)N(CCC(=O)NCCCC[C@@H](C(N)=O)C1SS1)CCN(CCC(=O)NCCCC[C@@H](C(N)=O)C1SS1)C(=O)CCN.[HH].[HH].[HH]. The molecule has 610 valence electrons. The van der Waals surface area contributed by atoms with E-state index in [1.54, 1.807) is 86.4 Å². The smallest absolute Gasteiger partial charge is 0.407 e. The number of nitrogens with one attached hydrogen (secondary N) is 6. The molecule has 0 aromatic heterocycles. The standard InChI is InChI=1S/C36H62N8O12S4.C28H50N8O6S4.3H2/c1-53-21-23-55-35(51)41-15-9-29(47)43(17-11-27(45)39-13-5-3-7-25(31(37)49)33-57-58-33)19-20-44(30(48)10-16-42-36(52)56-24-22-54-2)18-12-28(46)40-14-6-4-8-26(32(38)50)34-59-60-34;29-11-7-23(39)35(15-9-21(37)33-13-3-1-5-19(25(31)41)27-43-44-27)17-18-36(24(40)8-12-30)16-10-22(38)34-14-4-2-6-20(26(32)42)28-45-46-28;;;/h25-26,33-34H,3-24H2,1-2H3,(H2,37,49)(H2,38,50)(H,39,45)(H,40,46)(H,41,51)(H,42,52);19-20,27-28H,1-18,29-30H2,(H2,31,41)(H2,32,42)(H,33,37)(H,34,38);3*1H/t25-,26-;19-,20-;;;/m00.../s1. The van der Waals surface area contributed by atoms with E-state index in [0.717, 1.165) is 12.8 Å². The molecular formula is C64H118N16O18S8. The monoisotopic (exact) mass is 1650 g/mol. The number of hydrogen-bond donors (Lipinski definition) is 12. The number of carbonyl (C=O) groups excluding carboxylic acids is 14. The van der Waals surface area contributed by atoms with E-state index in [-0.39, 0.29) is 262 Å². The van der Waals surface area contributed by atoms with Crippen molar-refractivity contribution in [2.75, 3.05) is 145 Å². The van der Waals surface area contributed by atoms with Crippen LogP contribution >= 0.6 is 86.4 Å². The molecule has 0 unspecified atom stereocenters. The molecule has 4 aliphatic heterocycles. The highest BCUT2D eigenvalue weighted by molar-refractivity contribution is 8.93. The van der Waals surface area contributed by atoms with Gasteiger partial charge in [0.15, 0.2) is 0 Å². The minimum atomic E-state index is -0.722. The lowest BCUT2D eigenvalue weighted by Crippen LogP contribution is -2.45. The van der Waals surface area contributed by atoms with Crippen molar-refractivity contribution in [3.8, 4) is 0 Å². The summed E-state index contributed by atoms with van der Waals surface area (Å²) < 4.78 is 20.6. The second-order valence-electron chi connectivity index (χ2n) is 24.9. The van der Waals surface area contributed by atoms with E-state index in [4.69, 9.17) is 53.3 Å². The van der Waals surface area contributed by atoms with Gasteiger partial charge in [0, 0.05) is 175 Å². The van der Waals surface area contributed by atoms with Crippen LogP contribution in [0.5, 0.6) is 0 Å². The summed E-state index contributed by atoms with van der Waals surface area (Å²) in [6.45, 7) is 3.12. The van der Waals surface area contributed by atoms with Crippen molar-refractivity contribution in [3.05, 3.63) is 0 Å². The van der Waals surface area contributed by atoms with E-state index in [9.17, 15) is 67.1 Å². The summed E-state index contributed by atoms with van der Waals surface area (Å²) in [6, 6.07) is 0. The maximum atomic E-state index is 13.4. The summed E-state index contributed by atoms with van der Waals surface area (Å²) in [5.74, 6) is -4.15. The highest BCUT2D eigenvalue weighted by atomic mass is 33.2. The molecule has 4 aliphatic rings.